The number of rotatable bonds is 3. The summed E-state index contributed by atoms with van der Waals surface area (Å²) in [5.74, 6) is 0.786. The summed E-state index contributed by atoms with van der Waals surface area (Å²) < 4.78 is 11.4. The molecule has 0 aliphatic carbocycles. The normalized spacial score (nSPS) is 14.9. The highest BCUT2D eigenvalue weighted by Crippen LogP contribution is 2.37. The Labute approximate surface area is 136 Å². The minimum atomic E-state index is 0.435. The van der Waals surface area contributed by atoms with Crippen molar-refractivity contribution in [2.45, 2.75) is 6.92 Å². The second-order valence-electron chi connectivity index (χ2n) is 5.40. The fraction of sp³-hybridized carbons (Fsp3) is 0.278. The van der Waals surface area contributed by atoms with Crippen LogP contribution >= 0.6 is 12.2 Å². The minimum absolute atomic E-state index is 0.435. The molecular formula is C18H19NO2S. The highest BCUT2D eigenvalue weighted by molar-refractivity contribution is 7.80. The van der Waals surface area contributed by atoms with Crippen LogP contribution in [-0.2, 0) is 4.74 Å². The highest BCUT2D eigenvalue weighted by Gasteiger charge is 2.19. The average molecular weight is 313 g/mol. The molecule has 0 bridgehead atoms. The zero-order valence-corrected chi connectivity index (χ0v) is 13.5. The first-order chi connectivity index (χ1) is 10.7. The van der Waals surface area contributed by atoms with Crippen LogP contribution in [0.1, 0.15) is 6.92 Å². The van der Waals surface area contributed by atoms with Crippen LogP contribution in [0, 0.1) is 0 Å². The Bertz CT molecular complexity index is 720. The Hall–Kier alpha value is -1.91. The van der Waals surface area contributed by atoms with Crippen molar-refractivity contribution in [2.75, 3.05) is 31.2 Å². The minimum Gasteiger partial charge on any atom is -0.443 e. The first kappa shape index (κ1) is 15.0. The Kier molecular flexibility index (Phi) is 4.41. The summed E-state index contributed by atoms with van der Waals surface area (Å²) in [6.07, 6.45) is 0. The van der Waals surface area contributed by atoms with Gasteiger partial charge in [0, 0.05) is 18.5 Å². The van der Waals surface area contributed by atoms with Crippen molar-refractivity contribution in [1.82, 2.24) is 0 Å². The van der Waals surface area contributed by atoms with E-state index in [1.807, 2.05) is 25.1 Å². The molecule has 0 N–H and O–H groups in total. The van der Waals surface area contributed by atoms with Crippen LogP contribution in [0.5, 0.6) is 5.75 Å². The van der Waals surface area contributed by atoms with Crippen LogP contribution < -0.4 is 9.64 Å². The van der Waals surface area contributed by atoms with E-state index in [0.717, 1.165) is 43.3 Å². The van der Waals surface area contributed by atoms with Gasteiger partial charge in [0.05, 0.1) is 18.9 Å². The topological polar surface area (TPSA) is 21.7 Å². The molecule has 0 radical (unpaired) electrons. The van der Waals surface area contributed by atoms with E-state index >= 15 is 0 Å². The van der Waals surface area contributed by atoms with Crippen molar-refractivity contribution in [3.8, 4) is 5.75 Å². The predicted molar refractivity (Wildman–Crippen MR) is 95.0 cm³/mol. The Morgan fingerprint density at radius 2 is 1.91 bits per heavy atom. The standard InChI is InChI=1S/C18H19NO2S/c1-13(2)18(22)21-16-8-7-14-5-3-4-6-15(14)17(16)19-9-11-20-12-10-19/h3-8H,1,9-12H2,2H3. The third kappa shape index (κ3) is 2.98. The van der Waals surface area contributed by atoms with Gasteiger partial charge in [-0.3, -0.25) is 0 Å². The molecule has 0 aromatic heterocycles. The first-order valence-corrected chi connectivity index (χ1v) is 7.80. The largest absolute Gasteiger partial charge is 0.443 e. The van der Waals surface area contributed by atoms with E-state index < -0.39 is 0 Å². The number of hydrogen-bond acceptors (Lipinski definition) is 4. The van der Waals surface area contributed by atoms with E-state index in [0.29, 0.717) is 5.05 Å². The molecule has 0 atom stereocenters. The van der Waals surface area contributed by atoms with Crippen molar-refractivity contribution < 1.29 is 9.47 Å². The predicted octanol–water partition coefficient (Wildman–Crippen LogP) is 3.96. The third-order valence-electron chi connectivity index (χ3n) is 3.74. The maximum absolute atomic E-state index is 5.92. The van der Waals surface area contributed by atoms with Gasteiger partial charge in [0.25, 0.3) is 0 Å². The van der Waals surface area contributed by atoms with Gasteiger partial charge in [-0.25, -0.2) is 0 Å². The number of hydrogen-bond donors (Lipinski definition) is 0. The monoisotopic (exact) mass is 313 g/mol. The van der Waals surface area contributed by atoms with E-state index in [9.17, 15) is 0 Å². The average Bonchev–Trinajstić information content (AvgIpc) is 2.55. The molecule has 2 aromatic rings. The molecule has 4 heteroatoms. The molecule has 0 unspecified atom stereocenters. The summed E-state index contributed by atoms with van der Waals surface area (Å²) in [6, 6.07) is 12.4. The third-order valence-corrected chi connectivity index (χ3v) is 4.17. The van der Waals surface area contributed by atoms with Gasteiger partial charge in [0.1, 0.15) is 0 Å². The molecule has 1 heterocycles. The van der Waals surface area contributed by atoms with Gasteiger partial charge in [-0.2, -0.15) is 0 Å². The molecule has 3 rings (SSSR count). The summed E-state index contributed by atoms with van der Waals surface area (Å²) in [7, 11) is 0. The van der Waals surface area contributed by atoms with Crippen LogP contribution in [0.3, 0.4) is 0 Å². The van der Waals surface area contributed by atoms with Crippen molar-refractivity contribution >= 4 is 33.7 Å². The lowest BCUT2D eigenvalue weighted by atomic mass is 10.1. The van der Waals surface area contributed by atoms with Gasteiger partial charge >= 0.3 is 0 Å². The number of ether oxygens (including phenoxy) is 2. The summed E-state index contributed by atoms with van der Waals surface area (Å²) in [5.41, 5.74) is 1.85. The number of benzene rings is 2. The molecule has 0 saturated carbocycles. The summed E-state index contributed by atoms with van der Waals surface area (Å²) in [4.78, 5) is 2.31. The van der Waals surface area contributed by atoms with Crippen molar-refractivity contribution in [3.63, 3.8) is 0 Å². The SMILES string of the molecule is C=C(C)C(=S)Oc1ccc2ccccc2c1N1CCOCC1. The lowest BCUT2D eigenvalue weighted by Crippen LogP contribution is -2.36. The molecule has 1 fully saturated rings. The number of morpholine rings is 1. The van der Waals surface area contributed by atoms with Gasteiger partial charge in [-0.15, -0.1) is 0 Å². The highest BCUT2D eigenvalue weighted by atomic mass is 32.1. The number of anilines is 1. The molecule has 2 aromatic carbocycles. The van der Waals surface area contributed by atoms with Crippen molar-refractivity contribution in [3.05, 3.63) is 48.6 Å². The number of thiocarbonyl (C=S) groups is 1. The van der Waals surface area contributed by atoms with Gasteiger partial charge in [-0.05, 0) is 36.2 Å². The Morgan fingerprint density at radius 1 is 1.18 bits per heavy atom. The van der Waals surface area contributed by atoms with Crippen LogP contribution in [-0.4, -0.2) is 31.4 Å². The van der Waals surface area contributed by atoms with Gasteiger partial charge in [-0.1, -0.05) is 36.9 Å². The second kappa shape index (κ2) is 6.46. The van der Waals surface area contributed by atoms with E-state index in [4.69, 9.17) is 21.7 Å². The quantitative estimate of drug-likeness (QED) is 0.631. The van der Waals surface area contributed by atoms with Crippen molar-refractivity contribution in [2.24, 2.45) is 0 Å². The van der Waals surface area contributed by atoms with Gasteiger partial charge < -0.3 is 14.4 Å². The summed E-state index contributed by atoms with van der Waals surface area (Å²) in [6.45, 7) is 8.88. The fourth-order valence-electron chi connectivity index (χ4n) is 2.62. The Balaban J connectivity index is 2.09. The fourth-order valence-corrected chi connectivity index (χ4v) is 2.71. The lowest BCUT2D eigenvalue weighted by molar-refractivity contribution is 0.122. The molecule has 0 spiro atoms. The van der Waals surface area contributed by atoms with Gasteiger partial charge in [0.2, 0.25) is 0 Å². The summed E-state index contributed by atoms with van der Waals surface area (Å²) >= 11 is 5.28. The summed E-state index contributed by atoms with van der Waals surface area (Å²) in [5, 5.41) is 2.80. The molecule has 22 heavy (non-hydrogen) atoms. The van der Waals surface area contributed by atoms with Crippen LogP contribution in [0.15, 0.2) is 48.6 Å². The van der Waals surface area contributed by atoms with E-state index in [-0.39, 0.29) is 0 Å². The second-order valence-corrected chi connectivity index (χ2v) is 5.77. The molecule has 114 valence electrons. The zero-order valence-electron chi connectivity index (χ0n) is 12.7. The maximum atomic E-state index is 5.92. The Morgan fingerprint density at radius 3 is 2.64 bits per heavy atom. The first-order valence-electron chi connectivity index (χ1n) is 7.39. The van der Waals surface area contributed by atoms with E-state index in [1.165, 1.54) is 10.8 Å². The van der Waals surface area contributed by atoms with Crippen LogP contribution in [0.25, 0.3) is 10.8 Å². The zero-order chi connectivity index (χ0) is 15.5. The molecule has 3 nitrogen and oxygen atoms in total. The van der Waals surface area contributed by atoms with E-state index in [2.05, 4.69) is 29.7 Å². The lowest BCUT2D eigenvalue weighted by Gasteiger charge is -2.31. The van der Waals surface area contributed by atoms with Crippen LogP contribution in [0.2, 0.25) is 0 Å². The maximum Gasteiger partial charge on any atom is 0.193 e. The van der Waals surface area contributed by atoms with Gasteiger partial charge in [0.15, 0.2) is 10.8 Å². The molecule has 1 aliphatic rings. The van der Waals surface area contributed by atoms with Crippen molar-refractivity contribution in [1.29, 1.82) is 0 Å². The molecule has 1 aliphatic heterocycles. The molecular weight excluding hydrogens is 294 g/mol. The van der Waals surface area contributed by atoms with E-state index in [1.54, 1.807) is 0 Å². The molecule has 1 saturated heterocycles. The number of fused-ring (bicyclic) bond motifs is 1. The smallest absolute Gasteiger partial charge is 0.193 e. The number of nitrogens with zero attached hydrogens (tertiary/aromatic N) is 1. The van der Waals surface area contributed by atoms with Crippen LogP contribution in [0.4, 0.5) is 5.69 Å². The molecule has 0 amide bonds.